The van der Waals surface area contributed by atoms with E-state index in [1.807, 2.05) is 31.2 Å². The molecular formula is C16H25NO. The lowest BCUT2D eigenvalue weighted by Crippen LogP contribution is -2.32. The predicted octanol–water partition coefficient (Wildman–Crippen LogP) is 3.94. The molecule has 0 aliphatic heterocycles. The van der Waals surface area contributed by atoms with Crippen LogP contribution in [0.3, 0.4) is 0 Å². The molecule has 0 bridgehead atoms. The van der Waals surface area contributed by atoms with E-state index in [2.05, 4.69) is 26.1 Å². The molecule has 100 valence electrons. The molecule has 1 aromatic rings. The molecule has 2 heteroatoms. The van der Waals surface area contributed by atoms with Gasteiger partial charge in [0.25, 0.3) is 5.91 Å². The fourth-order valence-electron chi connectivity index (χ4n) is 2.03. The van der Waals surface area contributed by atoms with Crippen molar-refractivity contribution in [1.82, 2.24) is 5.32 Å². The SMILES string of the molecule is Cc1ccccc1C(=O)NC(C)CCCC(C)C. The Morgan fingerprint density at radius 2 is 1.83 bits per heavy atom. The van der Waals surface area contributed by atoms with Crippen molar-refractivity contribution >= 4 is 5.91 Å². The molecule has 0 aromatic heterocycles. The molecule has 0 aliphatic carbocycles. The van der Waals surface area contributed by atoms with Gasteiger partial charge in [0.1, 0.15) is 0 Å². The third-order valence-electron chi connectivity index (χ3n) is 3.19. The summed E-state index contributed by atoms with van der Waals surface area (Å²) in [6.45, 7) is 8.52. The Kier molecular flexibility index (Phi) is 5.90. The topological polar surface area (TPSA) is 29.1 Å². The molecule has 0 saturated heterocycles. The molecule has 1 N–H and O–H groups in total. The van der Waals surface area contributed by atoms with Crippen molar-refractivity contribution in [2.45, 2.75) is 53.0 Å². The monoisotopic (exact) mass is 247 g/mol. The van der Waals surface area contributed by atoms with E-state index in [4.69, 9.17) is 0 Å². The van der Waals surface area contributed by atoms with E-state index in [1.165, 1.54) is 12.8 Å². The van der Waals surface area contributed by atoms with Gasteiger partial charge in [0.15, 0.2) is 0 Å². The van der Waals surface area contributed by atoms with Gasteiger partial charge in [-0.15, -0.1) is 0 Å². The number of hydrogen-bond acceptors (Lipinski definition) is 1. The molecule has 0 radical (unpaired) electrons. The average molecular weight is 247 g/mol. The number of amides is 1. The van der Waals surface area contributed by atoms with E-state index in [9.17, 15) is 4.79 Å². The van der Waals surface area contributed by atoms with Crippen LogP contribution in [0.2, 0.25) is 0 Å². The first-order valence-corrected chi connectivity index (χ1v) is 6.87. The minimum absolute atomic E-state index is 0.0464. The molecule has 1 atom stereocenters. The van der Waals surface area contributed by atoms with Crippen LogP contribution < -0.4 is 5.32 Å². The third kappa shape index (κ3) is 4.91. The summed E-state index contributed by atoms with van der Waals surface area (Å²) in [5, 5.41) is 3.07. The molecule has 1 unspecified atom stereocenters. The number of carbonyl (C=O) groups is 1. The Morgan fingerprint density at radius 3 is 2.44 bits per heavy atom. The van der Waals surface area contributed by atoms with Gasteiger partial charge in [-0.2, -0.15) is 0 Å². The fourth-order valence-corrected chi connectivity index (χ4v) is 2.03. The second-order valence-corrected chi connectivity index (χ2v) is 5.51. The Bertz CT molecular complexity index is 384. The van der Waals surface area contributed by atoms with Crippen molar-refractivity contribution in [3.63, 3.8) is 0 Å². The lowest BCUT2D eigenvalue weighted by atomic mass is 10.0. The summed E-state index contributed by atoms with van der Waals surface area (Å²) >= 11 is 0. The Hall–Kier alpha value is -1.31. The van der Waals surface area contributed by atoms with Crippen molar-refractivity contribution < 1.29 is 4.79 Å². The zero-order chi connectivity index (χ0) is 13.5. The highest BCUT2D eigenvalue weighted by atomic mass is 16.1. The van der Waals surface area contributed by atoms with Gasteiger partial charge in [0.05, 0.1) is 0 Å². The number of rotatable bonds is 6. The molecule has 0 saturated carbocycles. The minimum Gasteiger partial charge on any atom is -0.350 e. The van der Waals surface area contributed by atoms with Crippen molar-refractivity contribution in [1.29, 1.82) is 0 Å². The van der Waals surface area contributed by atoms with Crippen LogP contribution in [-0.2, 0) is 0 Å². The van der Waals surface area contributed by atoms with E-state index in [0.29, 0.717) is 0 Å². The normalized spacial score (nSPS) is 12.5. The van der Waals surface area contributed by atoms with Gasteiger partial charge in [-0.05, 0) is 37.8 Å². The second-order valence-electron chi connectivity index (χ2n) is 5.51. The smallest absolute Gasteiger partial charge is 0.251 e. The maximum absolute atomic E-state index is 12.1. The first-order valence-electron chi connectivity index (χ1n) is 6.87. The summed E-state index contributed by atoms with van der Waals surface area (Å²) in [7, 11) is 0. The summed E-state index contributed by atoms with van der Waals surface area (Å²) in [6.07, 6.45) is 3.45. The lowest BCUT2D eigenvalue weighted by molar-refractivity contribution is 0.0937. The van der Waals surface area contributed by atoms with E-state index in [1.54, 1.807) is 0 Å². The lowest BCUT2D eigenvalue weighted by Gasteiger charge is -2.15. The molecule has 0 fully saturated rings. The molecule has 0 aliphatic rings. The number of nitrogens with one attached hydrogen (secondary N) is 1. The molecule has 1 aromatic carbocycles. The highest BCUT2D eigenvalue weighted by Gasteiger charge is 2.11. The quantitative estimate of drug-likeness (QED) is 0.810. The number of aryl methyl sites for hydroxylation is 1. The van der Waals surface area contributed by atoms with E-state index >= 15 is 0 Å². The van der Waals surface area contributed by atoms with Crippen molar-refractivity contribution in [3.05, 3.63) is 35.4 Å². The summed E-state index contributed by atoms with van der Waals surface area (Å²) in [6, 6.07) is 7.96. The van der Waals surface area contributed by atoms with E-state index < -0.39 is 0 Å². The molecule has 18 heavy (non-hydrogen) atoms. The van der Waals surface area contributed by atoms with Crippen molar-refractivity contribution in [3.8, 4) is 0 Å². The van der Waals surface area contributed by atoms with Crippen LogP contribution in [0.15, 0.2) is 24.3 Å². The molecule has 0 heterocycles. The second kappa shape index (κ2) is 7.20. The van der Waals surface area contributed by atoms with Gasteiger partial charge in [0, 0.05) is 11.6 Å². The Morgan fingerprint density at radius 1 is 1.17 bits per heavy atom. The van der Waals surface area contributed by atoms with Crippen LogP contribution in [-0.4, -0.2) is 11.9 Å². The van der Waals surface area contributed by atoms with Crippen LogP contribution in [0.25, 0.3) is 0 Å². The van der Waals surface area contributed by atoms with Crippen LogP contribution >= 0.6 is 0 Å². The highest BCUT2D eigenvalue weighted by Crippen LogP contribution is 2.10. The highest BCUT2D eigenvalue weighted by molar-refractivity contribution is 5.95. The van der Waals surface area contributed by atoms with Gasteiger partial charge >= 0.3 is 0 Å². The van der Waals surface area contributed by atoms with E-state index in [0.717, 1.165) is 23.5 Å². The number of carbonyl (C=O) groups excluding carboxylic acids is 1. The van der Waals surface area contributed by atoms with Crippen molar-refractivity contribution in [2.75, 3.05) is 0 Å². The third-order valence-corrected chi connectivity index (χ3v) is 3.19. The predicted molar refractivity (Wildman–Crippen MR) is 76.8 cm³/mol. The van der Waals surface area contributed by atoms with Gasteiger partial charge in [-0.25, -0.2) is 0 Å². The maximum atomic E-state index is 12.1. The summed E-state index contributed by atoms with van der Waals surface area (Å²) in [5.41, 5.74) is 1.82. The van der Waals surface area contributed by atoms with Crippen LogP contribution in [0.5, 0.6) is 0 Å². The molecule has 1 amide bonds. The molecular weight excluding hydrogens is 222 g/mol. The average Bonchev–Trinajstić information content (AvgIpc) is 2.28. The zero-order valence-electron chi connectivity index (χ0n) is 12.0. The van der Waals surface area contributed by atoms with E-state index in [-0.39, 0.29) is 11.9 Å². The Labute approximate surface area is 111 Å². The molecule has 0 spiro atoms. The first kappa shape index (κ1) is 14.7. The van der Waals surface area contributed by atoms with Gasteiger partial charge < -0.3 is 5.32 Å². The first-order chi connectivity index (χ1) is 8.50. The fraction of sp³-hybridized carbons (Fsp3) is 0.562. The summed E-state index contributed by atoms with van der Waals surface area (Å²) in [4.78, 5) is 12.1. The summed E-state index contributed by atoms with van der Waals surface area (Å²) < 4.78 is 0. The standard InChI is InChI=1S/C16H25NO/c1-12(2)8-7-10-14(4)17-16(18)15-11-6-5-9-13(15)3/h5-6,9,11-12,14H,7-8,10H2,1-4H3,(H,17,18). The van der Waals surface area contributed by atoms with Crippen LogP contribution in [0.1, 0.15) is 56.0 Å². The largest absolute Gasteiger partial charge is 0.350 e. The van der Waals surface area contributed by atoms with Crippen molar-refractivity contribution in [2.24, 2.45) is 5.92 Å². The van der Waals surface area contributed by atoms with Gasteiger partial charge in [0.2, 0.25) is 0 Å². The van der Waals surface area contributed by atoms with Crippen LogP contribution in [0, 0.1) is 12.8 Å². The Balaban J connectivity index is 2.43. The van der Waals surface area contributed by atoms with Crippen LogP contribution in [0.4, 0.5) is 0 Å². The minimum atomic E-state index is 0.0464. The maximum Gasteiger partial charge on any atom is 0.251 e. The molecule has 2 nitrogen and oxygen atoms in total. The molecule has 1 rings (SSSR count). The zero-order valence-corrected chi connectivity index (χ0v) is 12.0. The van der Waals surface area contributed by atoms with Gasteiger partial charge in [-0.3, -0.25) is 4.79 Å². The number of benzene rings is 1. The summed E-state index contributed by atoms with van der Waals surface area (Å²) in [5.74, 6) is 0.786. The van der Waals surface area contributed by atoms with Gasteiger partial charge in [-0.1, -0.05) is 44.9 Å². The number of hydrogen-bond donors (Lipinski definition) is 1.